The van der Waals surface area contributed by atoms with Gasteiger partial charge in [0.05, 0.1) is 6.61 Å². The highest BCUT2D eigenvalue weighted by Crippen LogP contribution is 2.38. The molecule has 0 bridgehead atoms. The van der Waals surface area contributed by atoms with E-state index in [1.54, 1.807) is 30.3 Å². The van der Waals surface area contributed by atoms with Gasteiger partial charge >= 0.3 is 15.6 Å². The van der Waals surface area contributed by atoms with Crippen molar-refractivity contribution in [3.8, 4) is 0 Å². The van der Waals surface area contributed by atoms with E-state index in [4.69, 9.17) is 24.5 Å². The average Bonchev–Trinajstić information content (AvgIpc) is 2.69. The number of halogens is 3. The number of hydrogen-bond acceptors (Lipinski definition) is 8. The molecule has 10 nitrogen and oxygen atoms in total. The molecule has 0 N–H and O–H groups in total. The normalized spacial score (nSPS) is 32.8. The smallest absolute Gasteiger partial charge is 0.355 e. The molecule has 1 aromatic carbocycles. The Balaban J connectivity index is 1.96. The largest absolute Gasteiger partial charge is 0.523 e. The fraction of sp³-hybridized carbons (Fsp3) is 0.600. The van der Waals surface area contributed by atoms with Crippen molar-refractivity contribution in [2.75, 3.05) is 13.7 Å². The van der Waals surface area contributed by atoms with E-state index in [9.17, 15) is 21.6 Å². The Hall–Kier alpha value is -1.93. The molecule has 0 unspecified atom stereocenters. The molecule has 2 fully saturated rings. The van der Waals surface area contributed by atoms with Crippen LogP contribution in [0.2, 0.25) is 0 Å². The molecule has 0 spiro atoms. The lowest BCUT2D eigenvalue weighted by molar-refractivity contribution is -0.336. The van der Waals surface area contributed by atoms with Gasteiger partial charge in [-0.2, -0.15) is 21.6 Å². The molecule has 0 amide bonds. The molecular formula is C15H16F3N3O7S. The zero-order chi connectivity index (χ0) is 21.2. The van der Waals surface area contributed by atoms with Gasteiger partial charge in [0.1, 0.15) is 24.4 Å². The third-order valence-electron chi connectivity index (χ3n) is 4.32. The molecule has 14 heteroatoms. The molecule has 2 aliphatic heterocycles. The van der Waals surface area contributed by atoms with Crippen LogP contribution >= 0.6 is 0 Å². The highest BCUT2D eigenvalue weighted by Gasteiger charge is 2.56. The van der Waals surface area contributed by atoms with E-state index in [1.807, 2.05) is 0 Å². The number of ether oxygens (including phenoxy) is 4. The molecule has 160 valence electrons. The maximum atomic E-state index is 12.9. The third kappa shape index (κ3) is 4.48. The van der Waals surface area contributed by atoms with Crippen LogP contribution in [0, 0.1) is 0 Å². The molecule has 0 aliphatic carbocycles. The minimum Gasteiger partial charge on any atom is -0.355 e. The lowest BCUT2D eigenvalue weighted by Crippen LogP contribution is -2.63. The first-order valence-electron chi connectivity index (χ1n) is 8.22. The molecular weight excluding hydrogens is 423 g/mol. The second-order valence-electron chi connectivity index (χ2n) is 6.11. The van der Waals surface area contributed by atoms with Gasteiger partial charge in [0.25, 0.3) is 0 Å². The topological polar surface area (TPSA) is 129 Å². The minimum absolute atomic E-state index is 0.154. The van der Waals surface area contributed by atoms with Crippen LogP contribution < -0.4 is 0 Å². The maximum Gasteiger partial charge on any atom is 0.523 e. The lowest BCUT2D eigenvalue weighted by atomic mass is 9.96. The highest BCUT2D eigenvalue weighted by atomic mass is 32.2. The highest BCUT2D eigenvalue weighted by molar-refractivity contribution is 7.87. The van der Waals surface area contributed by atoms with Crippen LogP contribution in [0.25, 0.3) is 10.4 Å². The fourth-order valence-electron chi connectivity index (χ4n) is 3.03. The fourth-order valence-corrected chi connectivity index (χ4v) is 3.65. The zero-order valence-corrected chi connectivity index (χ0v) is 15.6. The van der Waals surface area contributed by atoms with Gasteiger partial charge < -0.3 is 18.9 Å². The van der Waals surface area contributed by atoms with Crippen molar-refractivity contribution in [3.05, 3.63) is 46.3 Å². The van der Waals surface area contributed by atoms with E-state index in [2.05, 4.69) is 14.2 Å². The summed E-state index contributed by atoms with van der Waals surface area (Å²) < 4.78 is 88.1. The van der Waals surface area contributed by atoms with Gasteiger partial charge in [0.15, 0.2) is 12.6 Å². The summed E-state index contributed by atoms with van der Waals surface area (Å²) in [4.78, 5) is 2.54. The maximum absolute atomic E-state index is 12.9. The van der Waals surface area contributed by atoms with Crippen LogP contribution in [0.1, 0.15) is 11.9 Å². The molecule has 1 aromatic rings. The van der Waals surface area contributed by atoms with Gasteiger partial charge in [-0.05, 0) is 5.53 Å². The van der Waals surface area contributed by atoms with Crippen molar-refractivity contribution < 1.29 is 44.7 Å². The van der Waals surface area contributed by atoms with E-state index in [0.717, 1.165) is 7.11 Å². The second kappa shape index (κ2) is 8.44. The number of alkyl halides is 3. The Labute approximate surface area is 163 Å². The first-order chi connectivity index (χ1) is 13.7. The number of methoxy groups -OCH3 is 1. The molecule has 6 atom stereocenters. The second-order valence-corrected chi connectivity index (χ2v) is 7.68. The van der Waals surface area contributed by atoms with E-state index in [1.165, 1.54) is 0 Å². The minimum atomic E-state index is -6.03. The summed E-state index contributed by atoms with van der Waals surface area (Å²) >= 11 is 0. The van der Waals surface area contributed by atoms with Crippen LogP contribution in [0.3, 0.4) is 0 Å². The monoisotopic (exact) mass is 439 g/mol. The predicted octanol–water partition coefficient (Wildman–Crippen LogP) is 2.39. The van der Waals surface area contributed by atoms with Crippen molar-refractivity contribution >= 4 is 10.1 Å². The molecule has 2 aliphatic rings. The van der Waals surface area contributed by atoms with Gasteiger partial charge in [-0.1, -0.05) is 35.4 Å². The summed E-state index contributed by atoms with van der Waals surface area (Å²) in [6.07, 6.45) is -6.64. The number of azide groups is 1. The molecule has 0 saturated carbocycles. The van der Waals surface area contributed by atoms with Crippen molar-refractivity contribution in [1.29, 1.82) is 0 Å². The van der Waals surface area contributed by atoms with Crippen molar-refractivity contribution in [1.82, 2.24) is 0 Å². The summed E-state index contributed by atoms with van der Waals surface area (Å²) in [7, 11) is -4.88. The third-order valence-corrected chi connectivity index (χ3v) is 5.36. The summed E-state index contributed by atoms with van der Waals surface area (Å²) in [5.74, 6) is 0. The Morgan fingerprint density at radius 3 is 2.52 bits per heavy atom. The number of nitrogens with zero attached hydrogens (tertiary/aromatic N) is 3. The van der Waals surface area contributed by atoms with E-state index >= 15 is 0 Å². The van der Waals surface area contributed by atoms with E-state index in [0.29, 0.717) is 5.56 Å². The van der Waals surface area contributed by atoms with E-state index < -0.39 is 52.6 Å². The molecule has 0 radical (unpaired) electrons. The number of hydrogen-bond donors (Lipinski definition) is 0. The quantitative estimate of drug-likeness (QED) is 0.226. The zero-order valence-electron chi connectivity index (χ0n) is 14.8. The Morgan fingerprint density at radius 2 is 1.93 bits per heavy atom. The summed E-state index contributed by atoms with van der Waals surface area (Å²) in [6, 6.07) is 6.86. The van der Waals surface area contributed by atoms with Crippen LogP contribution in [-0.4, -0.2) is 58.3 Å². The molecule has 3 rings (SSSR count). The van der Waals surface area contributed by atoms with Crippen molar-refractivity contribution in [2.45, 2.75) is 42.4 Å². The van der Waals surface area contributed by atoms with Gasteiger partial charge in [0, 0.05) is 17.6 Å². The van der Waals surface area contributed by atoms with Crippen LogP contribution in [0.5, 0.6) is 0 Å². The van der Waals surface area contributed by atoms with Gasteiger partial charge in [-0.3, -0.25) is 4.18 Å². The predicted molar refractivity (Wildman–Crippen MR) is 88.5 cm³/mol. The van der Waals surface area contributed by atoms with Gasteiger partial charge in [-0.25, -0.2) is 0 Å². The first kappa shape index (κ1) is 21.8. The first-order valence-corrected chi connectivity index (χ1v) is 9.63. The Bertz CT molecular complexity index is 864. The van der Waals surface area contributed by atoms with Crippen LogP contribution in [0.4, 0.5) is 13.2 Å². The number of benzene rings is 1. The standard InChI is InChI=1S/C15H16F3N3O7S/c1-24-14-10(20-21-19)12(28-29(22,23)15(16,17)18)11-9(26-14)7-25-13(27-11)8-5-3-2-4-6-8/h2-6,9-14H,7H2,1H3/t9-,10+,11-,12+,13-,14+/m1/s1. The molecule has 29 heavy (non-hydrogen) atoms. The van der Waals surface area contributed by atoms with Crippen LogP contribution in [0.15, 0.2) is 35.4 Å². The Kier molecular flexibility index (Phi) is 6.33. The number of fused-ring (bicyclic) bond motifs is 1. The summed E-state index contributed by atoms with van der Waals surface area (Å²) in [5.41, 5.74) is 3.64. The summed E-state index contributed by atoms with van der Waals surface area (Å²) in [6.45, 7) is -0.154. The number of rotatable bonds is 5. The molecule has 2 saturated heterocycles. The lowest BCUT2D eigenvalue weighted by Gasteiger charge is -2.47. The van der Waals surface area contributed by atoms with Gasteiger partial charge in [0.2, 0.25) is 0 Å². The SMILES string of the molecule is CO[C@H]1O[C@@H]2CO[C@@H](c3ccccc3)O[C@H]2[C@@H](OS(=O)(=O)C(F)(F)F)[C@@H]1N=[N+]=[N-]. The average molecular weight is 439 g/mol. The summed E-state index contributed by atoms with van der Waals surface area (Å²) in [5, 5.41) is 3.33. The van der Waals surface area contributed by atoms with E-state index in [-0.39, 0.29) is 6.61 Å². The molecule has 0 aromatic heterocycles. The van der Waals surface area contributed by atoms with Crippen molar-refractivity contribution in [2.24, 2.45) is 5.11 Å². The Morgan fingerprint density at radius 1 is 1.24 bits per heavy atom. The van der Waals surface area contributed by atoms with Crippen LogP contribution in [-0.2, 0) is 33.2 Å². The van der Waals surface area contributed by atoms with Crippen molar-refractivity contribution in [3.63, 3.8) is 0 Å². The molecule has 2 heterocycles. The van der Waals surface area contributed by atoms with Gasteiger partial charge in [-0.15, -0.1) is 0 Å².